The molecule has 1 saturated carbocycles. The Balaban J connectivity index is 1.71. The molecule has 0 bridgehead atoms. The smallest absolute Gasteiger partial charge is 0.225 e. The molecule has 5 heteroatoms. The summed E-state index contributed by atoms with van der Waals surface area (Å²) in [6.07, 6.45) is 4.27. The maximum Gasteiger partial charge on any atom is 0.225 e. The average molecular weight is 328 g/mol. The second-order valence-corrected chi connectivity index (χ2v) is 6.70. The Hall–Kier alpha value is -0.770. The van der Waals surface area contributed by atoms with Crippen molar-refractivity contribution in [1.82, 2.24) is 4.90 Å². The van der Waals surface area contributed by atoms with E-state index in [1.54, 1.807) is 6.07 Å². The summed E-state index contributed by atoms with van der Waals surface area (Å²) in [5, 5.41) is 1.20. The number of hydrogen-bond acceptors (Lipinski definition) is 2. The molecule has 1 aromatic carbocycles. The molecule has 1 aliphatic heterocycles. The molecule has 1 aliphatic carbocycles. The number of morpholine rings is 1. The van der Waals surface area contributed by atoms with Gasteiger partial charge in [-0.2, -0.15) is 0 Å². The molecule has 114 valence electrons. The van der Waals surface area contributed by atoms with Gasteiger partial charge in [0.2, 0.25) is 5.91 Å². The van der Waals surface area contributed by atoms with E-state index in [1.807, 2.05) is 17.0 Å². The Bertz CT molecular complexity index is 509. The molecule has 1 aromatic rings. The molecule has 0 spiro atoms. The van der Waals surface area contributed by atoms with E-state index in [0.29, 0.717) is 29.7 Å². The molecule has 0 N–H and O–H groups in total. The number of carbonyl (C=O) groups excluding carboxylic acids is 1. The highest BCUT2D eigenvalue weighted by molar-refractivity contribution is 6.34. The van der Waals surface area contributed by atoms with Gasteiger partial charge >= 0.3 is 0 Å². The first-order valence-electron chi connectivity index (χ1n) is 7.50. The first-order valence-corrected chi connectivity index (χ1v) is 8.25. The number of amides is 1. The second kappa shape index (κ2) is 6.55. The van der Waals surface area contributed by atoms with Crippen LogP contribution in [0.1, 0.15) is 37.4 Å². The van der Waals surface area contributed by atoms with Crippen LogP contribution in [0.2, 0.25) is 10.0 Å². The third-order valence-electron chi connectivity index (χ3n) is 4.34. The van der Waals surface area contributed by atoms with Gasteiger partial charge in [0.1, 0.15) is 6.10 Å². The molecule has 1 heterocycles. The predicted octanol–water partition coefficient (Wildman–Crippen LogP) is 4.08. The standard InChI is InChI=1S/C16H19Cl2NO2/c17-13-7-12(8-14(18)9-13)15-10-19(5-6-21-15)16(20)11-3-1-2-4-11/h7-9,11,15H,1-6,10H2. The Labute approximate surface area is 135 Å². The van der Waals surface area contributed by atoms with Crippen LogP contribution in [0.3, 0.4) is 0 Å². The van der Waals surface area contributed by atoms with E-state index in [-0.39, 0.29) is 17.9 Å². The molecule has 0 radical (unpaired) electrons. The summed E-state index contributed by atoms with van der Waals surface area (Å²) in [4.78, 5) is 14.5. The SMILES string of the molecule is O=C(C1CCCC1)N1CCOC(c2cc(Cl)cc(Cl)c2)C1. The van der Waals surface area contributed by atoms with Crippen LogP contribution in [0.25, 0.3) is 0 Å². The van der Waals surface area contributed by atoms with Crippen molar-refractivity contribution in [3.8, 4) is 0 Å². The molecule has 0 aromatic heterocycles. The number of rotatable bonds is 2. The molecule has 1 unspecified atom stereocenters. The van der Waals surface area contributed by atoms with Crippen molar-refractivity contribution in [2.45, 2.75) is 31.8 Å². The minimum absolute atomic E-state index is 0.139. The van der Waals surface area contributed by atoms with E-state index in [4.69, 9.17) is 27.9 Å². The van der Waals surface area contributed by atoms with Gasteiger partial charge in [0.25, 0.3) is 0 Å². The lowest BCUT2D eigenvalue weighted by molar-refractivity contribution is -0.143. The number of benzene rings is 1. The summed E-state index contributed by atoms with van der Waals surface area (Å²) in [5.74, 6) is 0.501. The van der Waals surface area contributed by atoms with Gasteiger partial charge in [-0.3, -0.25) is 4.79 Å². The lowest BCUT2D eigenvalue weighted by Crippen LogP contribution is -2.44. The van der Waals surface area contributed by atoms with Gasteiger partial charge in [0, 0.05) is 22.5 Å². The zero-order chi connectivity index (χ0) is 14.8. The van der Waals surface area contributed by atoms with Gasteiger partial charge in [-0.1, -0.05) is 36.0 Å². The molecule has 2 fully saturated rings. The van der Waals surface area contributed by atoms with Crippen LogP contribution in [-0.4, -0.2) is 30.5 Å². The number of ether oxygens (including phenoxy) is 1. The van der Waals surface area contributed by atoms with Crippen LogP contribution in [0.15, 0.2) is 18.2 Å². The highest BCUT2D eigenvalue weighted by Gasteiger charge is 2.31. The van der Waals surface area contributed by atoms with Crippen molar-refractivity contribution in [2.75, 3.05) is 19.7 Å². The van der Waals surface area contributed by atoms with Gasteiger partial charge in [-0.05, 0) is 36.6 Å². The fourth-order valence-corrected chi connectivity index (χ4v) is 3.79. The van der Waals surface area contributed by atoms with E-state index in [2.05, 4.69) is 0 Å². The van der Waals surface area contributed by atoms with E-state index in [9.17, 15) is 4.79 Å². The maximum atomic E-state index is 12.5. The predicted molar refractivity (Wildman–Crippen MR) is 83.7 cm³/mol. The maximum absolute atomic E-state index is 12.5. The van der Waals surface area contributed by atoms with E-state index < -0.39 is 0 Å². The topological polar surface area (TPSA) is 29.5 Å². The van der Waals surface area contributed by atoms with E-state index in [0.717, 1.165) is 18.4 Å². The molecule has 21 heavy (non-hydrogen) atoms. The molecular weight excluding hydrogens is 309 g/mol. The number of halogens is 2. The lowest BCUT2D eigenvalue weighted by atomic mass is 10.0. The summed E-state index contributed by atoms with van der Waals surface area (Å²) in [5.41, 5.74) is 0.941. The Kier molecular flexibility index (Phi) is 4.72. The summed E-state index contributed by atoms with van der Waals surface area (Å²) in [6.45, 7) is 1.83. The van der Waals surface area contributed by atoms with Gasteiger partial charge in [0.15, 0.2) is 0 Å². The zero-order valence-electron chi connectivity index (χ0n) is 11.9. The molecule has 3 nitrogen and oxygen atoms in total. The van der Waals surface area contributed by atoms with Crippen LogP contribution in [-0.2, 0) is 9.53 Å². The highest BCUT2D eigenvalue weighted by atomic mass is 35.5. The quantitative estimate of drug-likeness (QED) is 0.818. The monoisotopic (exact) mass is 327 g/mol. The molecule has 1 amide bonds. The third-order valence-corrected chi connectivity index (χ3v) is 4.78. The van der Waals surface area contributed by atoms with Crippen molar-refractivity contribution >= 4 is 29.1 Å². The van der Waals surface area contributed by atoms with Crippen molar-refractivity contribution in [3.63, 3.8) is 0 Å². The molecular formula is C16H19Cl2NO2. The summed E-state index contributed by atoms with van der Waals surface area (Å²) < 4.78 is 5.81. The Morgan fingerprint density at radius 2 is 1.81 bits per heavy atom. The van der Waals surface area contributed by atoms with Crippen LogP contribution in [0, 0.1) is 5.92 Å². The fraction of sp³-hybridized carbons (Fsp3) is 0.562. The van der Waals surface area contributed by atoms with Crippen LogP contribution >= 0.6 is 23.2 Å². The molecule has 2 aliphatic rings. The van der Waals surface area contributed by atoms with Gasteiger partial charge in [-0.25, -0.2) is 0 Å². The van der Waals surface area contributed by atoms with E-state index in [1.165, 1.54) is 12.8 Å². The van der Waals surface area contributed by atoms with Crippen LogP contribution in [0.4, 0.5) is 0 Å². The second-order valence-electron chi connectivity index (χ2n) is 5.83. The zero-order valence-corrected chi connectivity index (χ0v) is 13.4. The van der Waals surface area contributed by atoms with E-state index >= 15 is 0 Å². The lowest BCUT2D eigenvalue weighted by Gasteiger charge is -2.34. The molecule has 1 saturated heterocycles. The minimum atomic E-state index is -0.139. The van der Waals surface area contributed by atoms with Crippen molar-refractivity contribution in [2.24, 2.45) is 5.92 Å². The Morgan fingerprint density at radius 3 is 2.48 bits per heavy atom. The van der Waals surface area contributed by atoms with Crippen LogP contribution in [0.5, 0.6) is 0 Å². The van der Waals surface area contributed by atoms with Gasteiger partial charge in [0.05, 0.1) is 13.2 Å². The highest BCUT2D eigenvalue weighted by Crippen LogP contribution is 2.31. The third kappa shape index (κ3) is 3.53. The first-order chi connectivity index (χ1) is 10.1. The summed E-state index contributed by atoms with van der Waals surface area (Å²) in [6, 6.07) is 5.43. The fourth-order valence-electron chi connectivity index (χ4n) is 3.24. The number of nitrogens with zero attached hydrogens (tertiary/aromatic N) is 1. The molecule has 1 atom stereocenters. The number of hydrogen-bond donors (Lipinski definition) is 0. The van der Waals surface area contributed by atoms with Crippen molar-refractivity contribution < 1.29 is 9.53 Å². The summed E-state index contributed by atoms with van der Waals surface area (Å²) in [7, 11) is 0. The van der Waals surface area contributed by atoms with Gasteiger partial charge in [-0.15, -0.1) is 0 Å². The molecule has 3 rings (SSSR count). The van der Waals surface area contributed by atoms with Crippen molar-refractivity contribution in [3.05, 3.63) is 33.8 Å². The summed E-state index contributed by atoms with van der Waals surface area (Å²) >= 11 is 12.1. The largest absolute Gasteiger partial charge is 0.370 e. The number of carbonyl (C=O) groups is 1. The average Bonchev–Trinajstić information content (AvgIpc) is 3.00. The Morgan fingerprint density at radius 1 is 1.14 bits per heavy atom. The normalized spacial score (nSPS) is 23.5. The van der Waals surface area contributed by atoms with Crippen molar-refractivity contribution in [1.29, 1.82) is 0 Å². The first kappa shape index (κ1) is 15.1. The van der Waals surface area contributed by atoms with Gasteiger partial charge < -0.3 is 9.64 Å². The minimum Gasteiger partial charge on any atom is -0.370 e. The van der Waals surface area contributed by atoms with Crippen LogP contribution < -0.4 is 0 Å².